The summed E-state index contributed by atoms with van der Waals surface area (Å²) in [6, 6.07) is 4.92. The summed E-state index contributed by atoms with van der Waals surface area (Å²) in [4.78, 5) is 0. The van der Waals surface area contributed by atoms with Crippen LogP contribution < -0.4 is 5.32 Å². The molecule has 1 aromatic rings. The van der Waals surface area contributed by atoms with Gasteiger partial charge in [-0.2, -0.15) is 0 Å². The molecule has 3 heteroatoms. The Bertz CT molecular complexity index is 354. The predicted octanol–water partition coefficient (Wildman–Crippen LogP) is 3.45. The first kappa shape index (κ1) is 14.0. The predicted molar refractivity (Wildman–Crippen MR) is 68.4 cm³/mol. The molecule has 0 aromatic heterocycles. The van der Waals surface area contributed by atoms with Gasteiger partial charge < -0.3 is 10.4 Å². The molecule has 1 aromatic carbocycles. The van der Waals surface area contributed by atoms with Crippen LogP contribution in [0.1, 0.15) is 39.2 Å². The molecular formula is C14H22FNO. The minimum atomic E-state index is -0.557. The zero-order chi connectivity index (χ0) is 12.8. The van der Waals surface area contributed by atoms with Crippen LogP contribution in [0, 0.1) is 11.7 Å². The summed E-state index contributed by atoms with van der Waals surface area (Å²) in [5.74, 6) is -0.144. The van der Waals surface area contributed by atoms with Crippen LogP contribution in [0.5, 0.6) is 5.75 Å². The van der Waals surface area contributed by atoms with E-state index in [1.165, 1.54) is 18.6 Å². The molecule has 0 saturated carbocycles. The Morgan fingerprint density at radius 1 is 1.35 bits per heavy atom. The number of aromatic hydroxyl groups is 1. The van der Waals surface area contributed by atoms with E-state index in [0.29, 0.717) is 18.5 Å². The van der Waals surface area contributed by atoms with Gasteiger partial charge in [0.15, 0.2) is 11.6 Å². The fourth-order valence-electron chi connectivity index (χ4n) is 1.81. The summed E-state index contributed by atoms with van der Waals surface area (Å²) < 4.78 is 13.1. The van der Waals surface area contributed by atoms with Gasteiger partial charge >= 0.3 is 0 Å². The molecule has 1 rings (SSSR count). The van der Waals surface area contributed by atoms with Gasteiger partial charge in [0.05, 0.1) is 0 Å². The third kappa shape index (κ3) is 4.73. The fraction of sp³-hybridized carbons (Fsp3) is 0.571. The average Bonchev–Trinajstić information content (AvgIpc) is 2.30. The van der Waals surface area contributed by atoms with Gasteiger partial charge in [0.1, 0.15) is 0 Å². The molecule has 17 heavy (non-hydrogen) atoms. The third-order valence-electron chi connectivity index (χ3n) is 3.12. The van der Waals surface area contributed by atoms with Gasteiger partial charge in [-0.05, 0) is 37.0 Å². The zero-order valence-electron chi connectivity index (χ0n) is 10.8. The van der Waals surface area contributed by atoms with E-state index in [4.69, 9.17) is 5.11 Å². The van der Waals surface area contributed by atoms with Crippen molar-refractivity contribution in [2.75, 3.05) is 0 Å². The summed E-state index contributed by atoms with van der Waals surface area (Å²) in [5, 5.41) is 12.4. The maximum atomic E-state index is 13.1. The summed E-state index contributed by atoms with van der Waals surface area (Å²) in [7, 11) is 0. The monoisotopic (exact) mass is 239 g/mol. The highest BCUT2D eigenvalue weighted by Gasteiger charge is 2.07. The number of nitrogens with one attached hydrogen (secondary N) is 1. The molecule has 2 nitrogen and oxygen atoms in total. The lowest BCUT2D eigenvalue weighted by atomic mass is 10.0. The van der Waals surface area contributed by atoms with E-state index in [2.05, 4.69) is 26.1 Å². The van der Waals surface area contributed by atoms with Gasteiger partial charge in [0.25, 0.3) is 0 Å². The molecule has 0 radical (unpaired) electrons. The molecule has 0 amide bonds. The molecule has 0 aliphatic rings. The first-order chi connectivity index (χ1) is 8.02. The van der Waals surface area contributed by atoms with Crippen molar-refractivity contribution in [3.63, 3.8) is 0 Å². The van der Waals surface area contributed by atoms with Crippen LogP contribution in [-0.4, -0.2) is 11.1 Å². The molecule has 2 N–H and O–H groups in total. The van der Waals surface area contributed by atoms with Gasteiger partial charge in [-0.1, -0.05) is 26.3 Å². The Hall–Kier alpha value is -1.09. The molecule has 2 unspecified atom stereocenters. The SMILES string of the molecule is CCC(C)CC(C)NCc1ccc(O)c(F)c1. The van der Waals surface area contributed by atoms with Gasteiger partial charge in [-0.25, -0.2) is 4.39 Å². The topological polar surface area (TPSA) is 32.3 Å². The fourth-order valence-corrected chi connectivity index (χ4v) is 1.81. The first-order valence-electron chi connectivity index (χ1n) is 6.23. The normalized spacial score (nSPS) is 14.6. The number of hydrogen-bond donors (Lipinski definition) is 2. The minimum Gasteiger partial charge on any atom is -0.505 e. The summed E-state index contributed by atoms with van der Waals surface area (Å²) in [6.45, 7) is 7.20. The highest BCUT2D eigenvalue weighted by atomic mass is 19.1. The first-order valence-corrected chi connectivity index (χ1v) is 6.23. The van der Waals surface area contributed by atoms with Gasteiger partial charge in [0, 0.05) is 12.6 Å². The van der Waals surface area contributed by atoms with E-state index < -0.39 is 5.82 Å². The van der Waals surface area contributed by atoms with Crippen LogP contribution in [0.25, 0.3) is 0 Å². The van der Waals surface area contributed by atoms with Crippen LogP contribution in [0.15, 0.2) is 18.2 Å². The number of phenols is 1. The summed E-state index contributed by atoms with van der Waals surface area (Å²) in [5.41, 5.74) is 0.858. The van der Waals surface area contributed by atoms with Crippen LogP contribution in [0.2, 0.25) is 0 Å². The molecular weight excluding hydrogens is 217 g/mol. The molecule has 0 heterocycles. The number of hydrogen-bond acceptors (Lipinski definition) is 2. The van der Waals surface area contributed by atoms with Crippen molar-refractivity contribution in [3.8, 4) is 5.75 Å². The Morgan fingerprint density at radius 2 is 2.06 bits per heavy atom. The zero-order valence-corrected chi connectivity index (χ0v) is 10.8. The van der Waals surface area contributed by atoms with Crippen LogP contribution in [-0.2, 0) is 6.54 Å². The molecule has 0 aliphatic carbocycles. The van der Waals surface area contributed by atoms with Crippen LogP contribution >= 0.6 is 0 Å². The molecule has 0 saturated heterocycles. The maximum absolute atomic E-state index is 13.1. The van der Waals surface area contributed by atoms with Crippen molar-refractivity contribution >= 4 is 0 Å². The van der Waals surface area contributed by atoms with Crippen molar-refractivity contribution in [1.82, 2.24) is 5.32 Å². The van der Waals surface area contributed by atoms with Crippen molar-refractivity contribution < 1.29 is 9.50 Å². The number of phenolic OH excluding ortho intramolecular Hbond substituents is 1. The second-order valence-corrected chi connectivity index (χ2v) is 4.82. The van der Waals surface area contributed by atoms with E-state index in [1.807, 2.05) is 0 Å². The van der Waals surface area contributed by atoms with Gasteiger partial charge in [0.2, 0.25) is 0 Å². The summed E-state index contributed by atoms with van der Waals surface area (Å²) >= 11 is 0. The molecule has 0 bridgehead atoms. The smallest absolute Gasteiger partial charge is 0.165 e. The van der Waals surface area contributed by atoms with E-state index in [0.717, 1.165) is 12.0 Å². The van der Waals surface area contributed by atoms with E-state index in [9.17, 15) is 4.39 Å². The minimum absolute atomic E-state index is 0.290. The van der Waals surface area contributed by atoms with Crippen molar-refractivity contribution in [1.29, 1.82) is 0 Å². The number of halogens is 1. The standard InChI is InChI=1S/C14H22FNO/c1-4-10(2)7-11(3)16-9-12-5-6-14(17)13(15)8-12/h5-6,8,10-11,16-17H,4,7,9H2,1-3H3. The largest absolute Gasteiger partial charge is 0.505 e. The Labute approximate surface area is 103 Å². The molecule has 96 valence electrons. The molecule has 2 atom stereocenters. The second-order valence-electron chi connectivity index (χ2n) is 4.82. The Balaban J connectivity index is 2.42. The lowest BCUT2D eigenvalue weighted by Gasteiger charge is -2.17. The molecule has 0 fully saturated rings. The number of rotatable bonds is 6. The average molecular weight is 239 g/mol. The van der Waals surface area contributed by atoms with E-state index in [1.54, 1.807) is 6.07 Å². The number of benzene rings is 1. The van der Waals surface area contributed by atoms with Gasteiger partial charge in [-0.15, -0.1) is 0 Å². The van der Waals surface area contributed by atoms with E-state index in [-0.39, 0.29) is 5.75 Å². The van der Waals surface area contributed by atoms with E-state index >= 15 is 0 Å². The highest BCUT2D eigenvalue weighted by molar-refractivity contribution is 5.27. The lowest BCUT2D eigenvalue weighted by molar-refractivity contribution is 0.410. The maximum Gasteiger partial charge on any atom is 0.165 e. The van der Waals surface area contributed by atoms with Crippen molar-refractivity contribution in [3.05, 3.63) is 29.6 Å². The summed E-state index contributed by atoms with van der Waals surface area (Å²) in [6.07, 6.45) is 2.30. The molecule has 0 spiro atoms. The lowest BCUT2D eigenvalue weighted by Crippen LogP contribution is -2.27. The Morgan fingerprint density at radius 3 is 2.65 bits per heavy atom. The molecule has 0 aliphatic heterocycles. The van der Waals surface area contributed by atoms with Crippen LogP contribution in [0.3, 0.4) is 0 Å². The van der Waals surface area contributed by atoms with Crippen LogP contribution in [0.4, 0.5) is 4.39 Å². The Kier molecular flexibility index (Phi) is 5.42. The third-order valence-corrected chi connectivity index (χ3v) is 3.12. The quantitative estimate of drug-likeness (QED) is 0.797. The van der Waals surface area contributed by atoms with Gasteiger partial charge in [-0.3, -0.25) is 0 Å². The second kappa shape index (κ2) is 6.60. The van der Waals surface area contributed by atoms with Crippen molar-refractivity contribution in [2.24, 2.45) is 5.92 Å². The highest BCUT2D eigenvalue weighted by Crippen LogP contribution is 2.16. The van der Waals surface area contributed by atoms with Crippen molar-refractivity contribution in [2.45, 2.75) is 46.2 Å².